The topological polar surface area (TPSA) is 369 Å². The molecule has 31 nitrogen and oxygen atoms in total. The van der Waals surface area contributed by atoms with Gasteiger partial charge in [-0.3, -0.25) is 28.4 Å². The van der Waals surface area contributed by atoms with Gasteiger partial charge in [-0.2, -0.15) is 28.2 Å². The quantitative estimate of drug-likeness (QED) is 0.0568. The molecule has 0 amide bonds. The number of fused-ring (bicyclic) bond motifs is 3. The number of aromatic amines is 3. The monoisotopic (exact) mass is 1420 g/mol. The number of piperazine rings is 3. The molecule has 12 rings (SSSR count). The second-order valence-electron chi connectivity index (χ2n) is 24.6. The second-order valence-corrected chi connectivity index (χ2v) is 30.4. The molecule has 3 aromatic carbocycles. The van der Waals surface area contributed by atoms with E-state index in [2.05, 4.69) is 50.4 Å². The maximum atomic E-state index is 13.3. The Morgan fingerprint density at radius 2 is 0.758 bits per heavy atom. The number of ether oxygens (including phenoxy) is 3. The van der Waals surface area contributed by atoms with Crippen LogP contribution in [0.2, 0.25) is 0 Å². The van der Waals surface area contributed by atoms with E-state index >= 15 is 0 Å². The van der Waals surface area contributed by atoms with Gasteiger partial charge in [0.2, 0.25) is 30.1 Å². The van der Waals surface area contributed by atoms with Crippen LogP contribution in [0.4, 0.5) is 0 Å². The number of hydroxylamine groups is 3. The highest BCUT2D eigenvalue weighted by Gasteiger charge is 2.34. The third-order valence-corrected chi connectivity index (χ3v) is 23.0. The van der Waals surface area contributed by atoms with E-state index in [0.29, 0.717) is 164 Å². The predicted molar refractivity (Wildman–Crippen MR) is 375 cm³/mol. The van der Waals surface area contributed by atoms with Crippen molar-refractivity contribution in [3.8, 4) is 51.4 Å². The third kappa shape index (κ3) is 15.5. The van der Waals surface area contributed by atoms with Gasteiger partial charge < -0.3 is 49.2 Å². The van der Waals surface area contributed by atoms with Gasteiger partial charge in [-0.05, 0) is 102 Å². The van der Waals surface area contributed by atoms with Gasteiger partial charge in [0.15, 0.2) is 16.6 Å². The van der Waals surface area contributed by atoms with Crippen molar-refractivity contribution in [3.63, 3.8) is 0 Å². The van der Waals surface area contributed by atoms with Crippen molar-refractivity contribution in [2.75, 3.05) is 112 Å². The number of nitrogens with zero attached hydrogens (tertiary/aromatic N) is 14. The van der Waals surface area contributed by atoms with E-state index in [-0.39, 0.29) is 75.0 Å². The van der Waals surface area contributed by atoms with Crippen molar-refractivity contribution in [2.24, 2.45) is 21.1 Å². The summed E-state index contributed by atoms with van der Waals surface area (Å²) in [5.41, 5.74) is 5.05. The standard InChI is InChI=1S/C22H30N6O5S.C22H30N6O4S.C21H28N6O4S/c1-5-7-17-19-20(26(3)25-17)22(29)24-21(23-19)16-14-15(8-9-18(16)33-6-2)34(31,32)27-10-12-28(4,30)13-11-27;1-5-7-17-19-20(27(4)25-17)22(29)24-21(23-19)16-14-15(8-9-18(16)32-6-2)33(30,31)28-12-10-26(3)11-13-28;1-4-6-16-18-19(26(3)25-16)21(28)24-20(23-18)15-13-14(7-8-17(15)31-5-2)32(29,30)27-11-9-22-10-12-27/h8-9,14H,5-7,10-13H2,1-4H3,(H,23,24,29);8-9,14H,5-7,10-13H2,1-4H3,(H,23,24,29);7-8,13,22H,4-6,9-12H2,1-3H3,(H,23,24,28). The number of nitrogens with one attached hydrogen (secondary N) is 4. The average molecular weight is 1430 g/mol. The molecule has 0 saturated carbocycles. The van der Waals surface area contributed by atoms with Gasteiger partial charge in [0, 0.05) is 73.5 Å². The van der Waals surface area contributed by atoms with Crippen molar-refractivity contribution >= 4 is 63.2 Å². The highest BCUT2D eigenvalue weighted by Crippen LogP contribution is 2.36. The Balaban J connectivity index is 0.000000161. The molecular weight excluding hydrogens is 1340 g/mol. The van der Waals surface area contributed by atoms with Crippen molar-refractivity contribution in [2.45, 2.75) is 94.8 Å². The van der Waals surface area contributed by atoms with E-state index in [9.17, 15) is 44.8 Å². The highest BCUT2D eigenvalue weighted by atomic mass is 32.2. The van der Waals surface area contributed by atoms with Gasteiger partial charge in [-0.15, -0.1) is 0 Å². The van der Waals surface area contributed by atoms with Crippen LogP contribution in [0.15, 0.2) is 83.7 Å². The number of aryl methyl sites for hydroxylation is 6. The van der Waals surface area contributed by atoms with Gasteiger partial charge in [0.1, 0.15) is 51.3 Å². The molecule has 534 valence electrons. The molecule has 3 aliphatic rings. The molecule has 0 radical (unpaired) electrons. The molecule has 6 aromatic heterocycles. The maximum Gasteiger partial charge on any atom is 0.277 e. The molecule has 3 aliphatic heterocycles. The number of hydrogen-bond donors (Lipinski definition) is 4. The molecule has 0 spiro atoms. The summed E-state index contributed by atoms with van der Waals surface area (Å²) in [5.74, 6) is 2.05. The van der Waals surface area contributed by atoms with E-state index in [1.807, 2.05) is 48.6 Å². The van der Waals surface area contributed by atoms with E-state index < -0.39 is 34.7 Å². The number of H-pyrrole nitrogens is 3. The van der Waals surface area contributed by atoms with E-state index in [1.165, 1.54) is 51.2 Å². The Kier molecular flexibility index (Phi) is 22.7. The SMILES string of the molecule is CCCc1nn(C)c2c(=O)[nH]c(-c3cc(S(=O)(=O)N4CCN(C)CC4)ccc3OCC)nc12.CCCc1nn(C)c2c(=O)[nH]c(-c3cc(S(=O)(=O)N4CCNCC4)ccc3OCC)nc12.CCCc1nn(C)c2c(=O)[nH]c(-c3cc(S(=O)(=O)N4CC[N+](C)([O-])CC4)ccc3OCC)nc12. The molecule has 99 heavy (non-hydrogen) atoms. The molecule has 3 fully saturated rings. The van der Waals surface area contributed by atoms with Crippen LogP contribution < -0.4 is 36.2 Å². The van der Waals surface area contributed by atoms with Crippen LogP contribution in [-0.2, 0) is 70.5 Å². The fourth-order valence-electron chi connectivity index (χ4n) is 12.2. The number of hydrogen-bond acceptors (Lipinski definition) is 21. The number of aromatic nitrogens is 12. The highest BCUT2D eigenvalue weighted by molar-refractivity contribution is 7.89. The zero-order valence-electron chi connectivity index (χ0n) is 57.8. The summed E-state index contributed by atoms with van der Waals surface area (Å²) in [4.78, 5) is 63.6. The first-order chi connectivity index (χ1) is 47.2. The number of benzene rings is 3. The molecule has 34 heteroatoms. The average Bonchev–Trinajstić information content (AvgIpc) is 1.76. The minimum Gasteiger partial charge on any atom is -0.633 e. The molecule has 0 unspecified atom stereocenters. The first-order valence-electron chi connectivity index (χ1n) is 33.3. The van der Waals surface area contributed by atoms with Gasteiger partial charge in [0.05, 0.1) is 102 Å². The smallest absolute Gasteiger partial charge is 0.277 e. The van der Waals surface area contributed by atoms with Crippen molar-refractivity contribution < 1.29 is 44.1 Å². The number of quaternary nitrogens is 1. The van der Waals surface area contributed by atoms with Gasteiger partial charge in [0.25, 0.3) is 16.7 Å². The number of likely N-dealkylation sites (N-methyl/N-ethyl adjacent to an activating group) is 2. The molecule has 0 atom stereocenters. The minimum absolute atomic E-state index is 0.0515. The van der Waals surface area contributed by atoms with Crippen molar-refractivity contribution in [3.05, 3.63) is 108 Å². The molecule has 9 aromatic rings. The summed E-state index contributed by atoms with van der Waals surface area (Å²) < 4.78 is 105. The fourth-order valence-corrected chi connectivity index (χ4v) is 16.6. The van der Waals surface area contributed by atoms with Gasteiger partial charge >= 0.3 is 0 Å². The van der Waals surface area contributed by atoms with Crippen molar-refractivity contribution in [1.29, 1.82) is 0 Å². The first kappa shape index (κ1) is 73.4. The van der Waals surface area contributed by atoms with Gasteiger partial charge in [-0.25, -0.2) is 40.2 Å². The Hall–Kier alpha value is -8.32. The minimum atomic E-state index is -3.85. The zero-order chi connectivity index (χ0) is 71.3. The Morgan fingerprint density at radius 3 is 1.06 bits per heavy atom. The first-order valence-corrected chi connectivity index (χ1v) is 37.7. The lowest BCUT2D eigenvalue weighted by molar-refractivity contribution is -0.864. The van der Waals surface area contributed by atoms with Crippen LogP contribution in [0.5, 0.6) is 17.2 Å². The third-order valence-electron chi connectivity index (χ3n) is 17.4. The summed E-state index contributed by atoms with van der Waals surface area (Å²) in [6.45, 7) is 17.6. The molecular formula is C65H88N18O13S3. The molecule has 3 saturated heterocycles. The molecule has 0 bridgehead atoms. The van der Waals surface area contributed by atoms with Crippen LogP contribution in [0.25, 0.3) is 67.3 Å². The molecule has 4 N–H and O–H groups in total. The van der Waals surface area contributed by atoms with Crippen LogP contribution in [0.1, 0.15) is 77.9 Å². The number of sulfonamides is 3. The summed E-state index contributed by atoms with van der Waals surface area (Å²) in [7, 11) is -2.59. The Morgan fingerprint density at radius 1 is 0.455 bits per heavy atom. The zero-order valence-corrected chi connectivity index (χ0v) is 60.3. The second kappa shape index (κ2) is 30.7. The fraction of sp³-hybridized carbons (Fsp3) is 0.492. The predicted octanol–water partition coefficient (Wildman–Crippen LogP) is 4.50. The van der Waals surface area contributed by atoms with E-state index in [1.54, 1.807) is 58.5 Å². The maximum absolute atomic E-state index is 13.3. The number of rotatable bonds is 21. The summed E-state index contributed by atoms with van der Waals surface area (Å²) in [5, 5.41) is 28.6. The molecule has 0 aliphatic carbocycles. The van der Waals surface area contributed by atoms with Crippen LogP contribution in [0, 0.1) is 5.21 Å². The van der Waals surface area contributed by atoms with Crippen molar-refractivity contribution in [1.82, 2.24) is 82.4 Å². The summed E-state index contributed by atoms with van der Waals surface area (Å²) in [6, 6.07) is 13.9. The Bertz CT molecular complexity index is 4960. The van der Waals surface area contributed by atoms with Crippen LogP contribution in [0.3, 0.4) is 0 Å². The lowest BCUT2D eigenvalue weighted by Gasteiger charge is -2.44. The van der Waals surface area contributed by atoms with E-state index in [0.717, 1.165) is 30.7 Å². The Labute approximate surface area is 574 Å². The normalized spacial score (nSPS) is 16.0. The lowest BCUT2D eigenvalue weighted by atomic mass is 10.1. The summed E-state index contributed by atoms with van der Waals surface area (Å²) >= 11 is 0. The van der Waals surface area contributed by atoms with Gasteiger partial charge in [-0.1, -0.05) is 40.0 Å². The van der Waals surface area contributed by atoms with Crippen LogP contribution in [-0.4, -0.2) is 219 Å². The molecule has 9 heterocycles. The van der Waals surface area contributed by atoms with Crippen LogP contribution >= 0.6 is 0 Å². The summed E-state index contributed by atoms with van der Waals surface area (Å²) in [6.07, 6.45) is 4.58. The lowest BCUT2D eigenvalue weighted by Crippen LogP contribution is -2.54. The largest absolute Gasteiger partial charge is 0.633 e. The van der Waals surface area contributed by atoms with E-state index in [4.69, 9.17) is 19.2 Å².